The van der Waals surface area contributed by atoms with E-state index in [0.29, 0.717) is 0 Å². The number of methoxy groups -OCH3 is 1. The van der Waals surface area contributed by atoms with E-state index in [-0.39, 0.29) is 5.70 Å². The third kappa shape index (κ3) is 5.10. The van der Waals surface area contributed by atoms with E-state index in [9.17, 15) is 9.59 Å². The first kappa shape index (κ1) is 10.3. The summed E-state index contributed by atoms with van der Waals surface area (Å²) in [6.45, 7) is 1.49. The van der Waals surface area contributed by atoms with Gasteiger partial charge < -0.3 is 10.5 Å². The van der Waals surface area contributed by atoms with Gasteiger partial charge in [-0.1, -0.05) is 5.11 Å². The Morgan fingerprint density at radius 3 is 2.42 bits per heavy atom. The zero-order valence-electron chi connectivity index (χ0n) is 6.77. The summed E-state index contributed by atoms with van der Waals surface area (Å²) in [7, 11) is 1.23. The van der Waals surface area contributed by atoms with Crippen LogP contribution in [0.15, 0.2) is 22.0 Å². The van der Waals surface area contributed by atoms with E-state index in [0.717, 1.165) is 6.08 Å². The number of azo groups is 1. The lowest BCUT2D eigenvalue weighted by atomic mass is 10.4. The predicted octanol–water partition coefficient (Wildman–Crippen LogP) is 0.594. The van der Waals surface area contributed by atoms with Gasteiger partial charge in [-0.2, -0.15) is 5.11 Å². The molecule has 0 bridgehead atoms. The van der Waals surface area contributed by atoms with Gasteiger partial charge in [0, 0.05) is 6.08 Å². The van der Waals surface area contributed by atoms with Crippen LogP contribution in [0.25, 0.3) is 0 Å². The highest BCUT2D eigenvalue weighted by Gasteiger charge is 1.94. The van der Waals surface area contributed by atoms with Gasteiger partial charge in [0.15, 0.2) is 0 Å². The molecule has 0 atom stereocenters. The van der Waals surface area contributed by atoms with Crippen LogP contribution >= 0.6 is 0 Å². The van der Waals surface area contributed by atoms with Gasteiger partial charge in [0.1, 0.15) is 0 Å². The third-order valence-electron chi connectivity index (χ3n) is 0.834. The number of ether oxygens (including phenoxy) is 1. The largest absolute Gasteiger partial charge is 0.466 e. The lowest BCUT2D eigenvalue weighted by molar-refractivity contribution is -0.134. The van der Waals surface area contributed by atoms with Gasteiger partial charge in [-0.05, 0) is 6.92 Å². The predicted molar refractivity (Wildman–Crippen MR) is 40.2 cm³/mol. The molecule has 0 rings (SSSR count). The van der Waals surface area contributed by atoms with Crippen molar-refractivity contribution >= 4 is 12.0 Å². The smallest absolute Gasteiger partial charge is 0.356 e. The van der Waals surface area contributed by atoms with Crippen LogP contribution in [-0.4, -0.2) is 19.1 Å². The van der Waals surface area contributed by atoms with E-state index in [4.69, 9.17) is 0 Å². The number of amides is 2. The molecule has 0 aromatic rings. The Morgan fingerprint density at radius 2 is 2.00 bits per heavy atom. The first-order chi connectivity index (χ1) is 5.56. The normalized spacial score (nSPS) is 11.7. The number of hydrogen-bond donors (Lipinski definition) is 1. The maximum absolute atomic E-state index is 10.6. The molecule has 2 N–H and O–H groups in total. The van der Waals surface area contributed by atoms with Crippen LogP contribution in [0.5, 0.6) is 0 Å². The van der Waals surface area contributed by atoms with E-state index in [2.05, 4.69) is 20.7 Å². The second-order valence-electron chi connectivity index (χ2n) is 1.85. The fourth-order valence-corrected chi connectivity index (χ4v) is 0.386. The number of esters is 1. The monoisotopic (exact) mass is 171 g/mol. The first-order valence-corrected chi connectivity index (χ1v) is 3.03. The van der Waals surface area contributed by atoms with Crippen molar-refractivity contribution in [1.82, 2.24) is 0 Å². The average molecular weight is 171 g/mol. The summed E-state index contributed by atoms with van der Waals surface area (Å²) in [5.41, 5.74) is 4.91. The number of nitrogens with zero attached hydrogens (tertiary/aromatic N) is 2. The van der Waals surface area contributed by atoms with Gasteiger partial charge in [0.2, 0.25) is 0 Å². The molecule has 0 aromatic heterocycles. The fourth-order valence-electron chi connectivity index (χ4n) is 0.386. The van der Waals surface area contributed by atoms with E-state index in [1.807, 2.05) is 0 Å². The summed E-state index contributed by atoms with van der Waals surface area (Å²) < 4.78 is 4.29. The van der Waals surface area contributed by atoms with E-state index in [1.54, 1.807) is 0 Å². The SMILES string of the molecule is COC(=O)/C=C(/C)N=NC(N)=O. The molecule has 6 heteroatoms. The Kier molecular flexibility index (Phi) is 4.28. The molecule has 0 heterocycles. The van der Waals surface area contributed by atoms with Crippen molar-refractivity contribution in [2.45, 2.75) is 6.92 Å². The van der Waals surface area contributed by atoms with Gasteiger partial charge in [0.05, 0.1) is 12.8 Å². The molecule has 0 saturated carbocycles. The number of carbonyl (C=O) groups excluding carboxylic acids is 2. The summed E-state index contributed by atoms with van der Waals surface area (Å²) in [4.78, 5) is 20.6. The summed E-state index contributed by atoms with van der Waals surface area (Å²) in [6, 6.07) is -0.910. The van der Waals surface area contributed by atoms with Gasteiger partial charge in [-0.15, -0.1) is 0 Å². The quantitative estimate of drug-likeness (QED) is 0.374. The Balaban J connectivity index is 4.20. The maximum Gasteiger partial charge on any atom is 0.356 e. The van der Waals surface area contributed by atoms with Crippen LogP contribution in [0.1, 0.15) is 6.92 Å². The minimum absolute atomic E-state index is 0.251. The van der Waals surface area contributed by atoms with Gasteiger partial charge in [0.25, 0.3) is 0 Å². The molecule has 12 heavy (non-hydrogen) atoms. The molecule has 2 amide bonds. The highest BCUT2D eigenvalue weighted by atomic mass is 16.5. The van der Waals surface area contributed by atoms with Gasteiger partial charge in [-0.25, -0.2) is 9.59 Å². The molecule has 0 aromatic carbocycles. The third-order valence-corrected chi connectivity index (χ3v) is 0.834. The number of carbonyl (C=O) groups is 2. The van der Waals surface area contributed by atoms with E-state index >= 15 is 0 Å². The van der Waals surface area contributed by atoms with Gasteiger partial charge >= 0.3 is 12.0 Å². The summed E-state index contributed by atoms with van der Waals surface area (Å²) in [6.07, 6.45) is 1.09. The van der Waals surface area contributed by atoms with E-state index < -0.39 is 12.0 Å². The number of primary amides is 1. The lowest BCUT2D eigenvalue weighted by Crippen LogP contribution is -2.02. The van der Waals surface area contributed by atoms with Crippen LogP contribution in [0.3, 0.4) is 0 Å². The average Bonchev–Trinajstić information content (AvgIpc) is 2.00. The molecule has 0 saturated heterocycles. The summed E-state index contributed by atoms with van der Waals surface area (Å²) in [5.74, 6) is -0.559. The minimum atomic E-state index is -0.910. The Labute approximate surface area is 69.1 Å². The molecule has 0 aliphatic heterocycles. The molecule has 66 valence electrons. The molecule has 0 fully saturated rings. The number of urea groups is 1. The molecule has 6 nitrogen and oxygen atoms in total. The standard InChI is InChI=1S/C6H9N3O3/c1-4(3-5(10)12-2)8-9-6(7)11/h3H,1-2H3,(H2,7,11)/b4-3-,9-8?. The molecular weight excluding hydrogens is 162 g/mol. The zero-order chi connectivity index (χ0) is 9.56. The van der Waals surface area contributed by atoms with Crippen molar-refractivity contribution < 1.29 is 14.3 Å². The summed E-state index contributed by atoms with van der Waals surface area (Å²) in [5, 5.41) is 6.32. The molecule has 0 aliphatic rings. The topological polar surface area (TPSA) is 94.1 Å². The van der Waals surface area contributed by atoms with Crippen molar-refractivity contribution in [3.05, 3.63) is 11.8 Å². The Bertz CT molecular complexity index is 244. The Morgan fingerprint density at radius 1 is 1.42 bits per heavy atom. The molecule has 0 radical (unpaired) electrons. The van der Waals surface area contributed by atoms with Crippen LogP contribution in [0.4, 0.5) is 4.79 Å². The Hall–Kier alpha value is -1.72. The van der Waals surface area contributed by atoms with Crippen molar-refractivity contribution in [1.29, 1.82) is 0 Å². The van der Waals surface area contributed by atoms with Crippen LogP contribution in [0.2, 0.25) is 0 Å². The molecule has 0 unspecified atom stereocenters. The molecule has 0 aliphatic carbocycles. The number of allylic oxidation sites excluding steroid dienone is 1. The van der Waals surface area contributed by atoms with Crippen molar-refractivity contribution in [3.8, 4) is 0 Å². The highest BCUT2D eigenvalue weighted by molar-refractivity contribution is 5.82. The molecular formula is C6H9N3O3. The van der Waals surface area contributed by atoms with Crippen LogP contribution < -0.4 is 5.73 Å². The second kappa shape index (κ2) is 5.00. The van der Waals surface area contributed by atoms with Gasteiger partial charge in [-0.3, -0.25) is 0 Å². The summed E-state index contributed by atoms with van der Waals surface area (Å²) >= 11 is 0. The van der Waals surface area contributed by atoms with Crippen molar-refractivity contribution in [3.63, 3.8) is 0 Å². The second-order valence-corrected chi connectivity index (χ2v) is 1.85. The van der Waals surface area contributed by atoms with Crippen molar-refractivity contribution in [2.75, 3.05) is 7.11 Å². The minimum Gasteiger partial charge on any atom is -0.466 e. The first-order valence-electron chi connectivity index (χ1n) is 3.03. The lowest BCUT2D eigenvalue weighted by Gasteiger charge is -1.90. The number of nitrogens with two attached hydrogens (primary N) is 1. The van der Waals surface area contributed by atoms with Crippen molar-refractivity contribution in [2.24, 2.45) is 16.0 Å². The van der Waals surface area contributed by atoms with E-state index in [1.165, 1.54) is 14.0 Å². The fraction of sp³-hybridized carbons (Fsp3) is 0.333. The zero-order valence-corrected chi connectivity index (χ0v) is 6.77. The van der Waals surface area contributed by atoms with Crippen LogP contribution in [-0.2, 0) is 9.53 Å². The molecule has 0 spiro atoms. The maximum atomic E-state index is 10.6. The number of hydrogen-bond acceptors (Lipinski definition) is 4. The highest BCUT2D eigenvalue weighted by Crippen LogP contribution is 1.95. The number of rotatable bonds is 2. The van der Waals surface area contributed by atoms with Crippen LogP contribution in [0, 0.1) is 0 Å².